The van der Waals surface area contributed by atoms with Crippen LogP contribution in [0.5, 0.6) is 0 Å². The van der Waals surface area contributed by atoms with E-state index in [-0.39, 0.29) is 0 Å². The number of thioether (sulfide) groups is 2. The summed E-state index contributed by atoms with van der Waals surface area (Å²) >= 11 is 4.32. The first kappa shape index (κ1) is 17.2. The molecule has 4 atom stereocenters. The van der Waals surface area contributed by atoms with Crippen molar-refractivity contribution in [3.05, 3.63) is 34.9 Å². The molecule has 1 aliphatic rings. The Morgan fingerprint density at radius 1 is 1.24 bits per heavy atom. The third-order valence-corrected chi connectivity index (χ3v) is 8.04. The van der Waals surface area contributed by atoms with Gasteiger partial charge in [0.15, 0.2) is 0 Å². The van der Waals surface area contributed by atoms with Crippen LogP contribution in [0.4, 0.5) is 0 Å². The molecule has 1 fully saturated rings. The summed E-state index contributed by atoms with van der Waals surface area (Å²) in [7, 11) is 0. The lowest BCUT2D eigenvalue weighted by molar-refractivity contribution is 0.525. The second-order valence-electron chi connectivity index (χ2n) is 6.14. The molecule has 1 N–H and O–H groups in total. The maximum Gasteiger partial charge on any atom is 0.0451 e. The van der Waals surface area contributed by atoms with E-state index in [0.717, 1.165) is 17.0 Å². The molecule has 0 bridgehead atoms. The van der Waals surface area contributed by atoms with Crippen molar-refractivity contribution in [3.8, 4) is 0 Å². The van der Waals surface area contributed by atoms with Gasteiger partial charge >= 0.3 is 0 Å². The quantitative estimate of drug-likeness (QED) is 0.821. The maximum absolute atomic E-state index is 3.82. The van der Waals surface area contributed by atoms with E-state index in [1.54, 1.807) is 0 Å². The zero-order valence-electron chi connectivity index (χ0n) is 14.0. The van der Waals surface area contributed by atoms with Crippen LogP contribution in [0, 0.1) is 13.8 Å². The highest BCUT2D eigenvalue weighted by molar-refractivity contribution is 8.07. The van der Waals surface area contributed by atoms with Gasteiger partial charge in [-0.3, -0.25) is 0 Å². The highest BCUT2D eigenvalue weighted by Crippen LogP contribution is 2.41. The van der Waals surface area contributed by atoms with Gasteiger partial charge in [-0.2, -0.15) is 23.5 Å². The average molecular weight is 324 g/mol. The number of hydrogen-bond acceptors (Lipinski definition) is 3. The molecule has 0 saturated carbocycles. The van der Waals surface area contributed by atoms with Gasteiger partial charge in [-0.15, -0.1) is 0 Å². The van der Waals surface area contributed by atoms with E-state index in [1.165, 1.54) is 28.9 Å². The Kier molecular flexibility index (Phi) is 6.51. The molecule has 1 saturated heterocycles. The molecule has 1 nitrogen and oxygen atoms in total. The average Bonchev–Trinajstić information content (AvgIpc) is 2.47. The smallest absolute Gasteiger partial charge is 0.0451 e. The molecular formula is C18H29NS2. The molecular weight excluding hydrogens is 294 g/mol. The van der Waals surface area contributed by atoms with Crippen molar-refractivity contribution in [2.24, 2.45) is 0 Å². The van der Waals surface area contributed by atoms with E-state index in [1.807, 2.05) is 0 Å². The lowest BCUT2D eigenvalue weighted by Gasteiger charge is -2.37. The van der Waals surface area contributed by atoms with Gasteiger partial charge in [0.1, 0.15) is 0 Å². The molecule has 1 heterocycles. The molecule has 21 heavy (non-hydrogen) atoms. The minimum Gasteiger partial charge on any atom is -0.309 e. The molecule has 0 radical (unpaired) electrons. The van der Waals surface area contributed by atoms with Gasteiger partial charge in [0, 0.05) is 27.5 Å². The Labute approximate surface area is 139 Å². The van der Waals surface area contributed by atoms with Gasteiger partial charge in [0.2, 0.25) is 0 Å². The minimum atomic E-state index is 0.484. The van der Waals surface area contributed by atoms with Gasteiger partial charge in [-0.25, -0.2) is 0 Å². The maximum atomic E-state index is 3.82. The molecule has 1 aromatic carbocycles. The summed E-state index contributed by atoms with van der Waals surface area (Å²) < 4.78 is 0. The Balaban J connectivity index is 2.23. The summed E-state index contributed by atoms with van der Waals surface area (Å²) in [6.45, 7) is 12.6. The van der Waals surface area contributed by atoms with Gasteiger partial charge in [-0.05, 0) is 43.5 Å². The topological polar surface area (TPSA) is 12.0 Å². The van der Waals surface area contributed by atoms with Gasteiger partial charge in [-0.1, -0.05) is 39.0 Å². The van der Waals surface area contributed by atoms with Crippen molar-refractivity contribution in [1.29, 1.82) is 0 Å². The van der Waals surface area contributed by atoms with Crippen LogP contribution in [-0.4, -0.2) is 28.0 Å². The monoisotopic (exact) mass is 323 g/mol. The standard InChI is InChI=1S/C18H29NS2/c1-6-10-19-18(16-9-7-8-12(2)13(16)3)17-11-20-14(4)15(5)21-17/h7-9,14-15,17-19H,6,10-11H2,1-5H3. The fourth-order valence-electron chi connectivity index (χ4n) is 2.83. The third-order valence-electron chi connectivity index (χ3n) is 4.54. The predicted molar refractivity (Wildman–Crippen MR) is 99.7 cm³/mol. The summed E-state index contributed by atoms with van der Waals surface area (Å²) in [5.74, 6) is 1.25. The van der Waals surface area contributed by atoms with Crippen LogP contribution in [0.3, 0.4) is 0 Å². The van der Waals surface area contributed by atoms with Crippen molar-refractivity contribution in [3.63, 3.8) is 0 Å². The van der Waals surface area contributed by atoms with E-state index in [9.17, 15) is 0 Å². The van der Waals surface area contributed by atoms with Crippen molar-refractivity contribution >= 4 is 23.5 Å². The third kappa shape index (κ3) is 4.20. The van der Waals surface area contributed by atoms with Crippen molar-refractivity contribution in [2.45, 2.75) is 62.8 Å². The predicted octanol–water partition coefficient (Wildman–Crippen LogP) is 4.97. The Morgan fingerprint density at radius 2 is 2.00 bits per heavy atom. The Morgan fingerprint density at radius 3 is 2.67 bits per heavy atom. The summed E-state index contributed by atoms with van der Waals surface area (Å²) in [4.78, 5) is 0. The second kappa shape index (κ2) is 7.94. The molecule has 0 spiro atoms. The molecule has 1 aliphatic heterocycles. The van der Waals surface area contributed by atoms with Crippen LogP contribution in [0.2, 0.25) is 0 Å². The second-order valence-corrected chi connectivity index (χ2v) is 9.17. The van der Waals surface area contributed by atoms with Crippen molar-refractivity contribution < 1.29 is 0 Å². The highest BCUT2D eigenvalue weighted by atomic mass is 32.2. The van der Waals surface area contributed by atoms with Gasteiger partial charge in [0.05, 0.1) is 0 Å². The number of aryl methyl sites for hydroxylation is 1. The van der Waals surface area contributed by atoms with E-state index in [2.05, 4.69) is 81.7 Å². The number of benzene rings is 1. The van der Waals surface area contributed by atoms with Crippen LogP contribution in [-0.2, 0) is 0 Å². The zero-order chi connectivity index (χ0) is 15.4. The van der Waals surface area contributed by atoms with Crippen LogP contribution >= 0.6 is 23.5 Å². The molecule has 0 aliphatic carbocycles. The zero-order valence-corrected chi connectivity index (χ0v) is 15.6. The SMILES string of the molecule is CCCNC(c1cccc(C)c1C)C1CSC(C)C(C)S1. The molecule has 118 valence electrons. The van der Waals surface area contributed by atoms with Crippen LogP contribution in [0.15, 0.2) is 18.2 Å². The highest BCUT2D eigenvalue weighted by Gasteiger charge is 2.32. The number of nitrogens with one attached hydrogen (secondary N) is 1. The summed E-state index contributed by atoms with van der Waals surface area (Å²) in [6, 6.07) is 7.25. The van der Waals surface area contributed by atoms with E-state index < -0.39 is 0 Å². The first-order valence-electron chi connectivity index (χ1n) is 8.11. The first-order chi connectivity index (χ1) is 10.0. The van der Waals surface area contributed by atoms with Crippen LogP contribution in [0.25, 0.3) is 0 Å². The molecule has 2 rings (SSSR count). The summed E-state index contributed by atoms with van der Waals surface area (Å²) in [5, 5.41) is 6.01. The number of hydrogen-bond donors (Lipinski definition) is 1. The molecule has 1 aromatic rings. The summed E-state index contributed by atoms with van der Waals surface area (Å²) in [5.41, 5.74) is 4.37. The minimum absolute atomic E-state index is 0.484. The number of rotatable bonds is 5. The largest absolute Gasteiger partial charge is 0.309 e. The van der Waals surface area contributed by atoms with Crippen molar-refractivity contribution in [1.82, 2.24) is 5.32 Å². The van der Waals surface area contributed by atoms with Crippen LogP contribution in [0.1, 0.15) is 49.9 Å². The molecule has 3 heteroatoms. The van der Waals surface area contributed by atoms with E-state index >= 15 is 0 Å². The van der Waals surface area contributed by atoms with Gasteiger partial charge < -0.3 is 5.32 Å². The molecule has 0 aromatic heterocycles. The van der Waals surface area contributed by atoms with Crippen molar-refractivity contribution in [2.75, 3.05) is 12.3 Å². The van der Waals surface area contributed by atoms with E-state index in [4.69, 9.17) is 0 Å². The van der Waals surface area contributed by atoms with Crippen LogP contribution < -0.4 is 5.32 Å². The lowest BCUT2D eigenvalue weighted by atomic mass is 9.95. The Bertz CT molecular complexity index is 461. The Hall–Kier alpha value is -0.120. The summed E-state index contributed by atoms with van der Waals surface area (Å²) in [6.07, 6.45) is 1.19. The lowest BCUT2D eigenvalue weighted by Crippen LogP contribution is -2.38. The first-order valence-corrected chi connectivity index (χ1v) is 10.1. The normalized spacial score (nSPS) is 27.6. The fraction of sp³-hybridized carbons (Fsp3) is 0.667. The molecule has 0 amide bonds. The van der Waals surface area contributed by atoms with E-state index in [0.29, 0.717) is 11.3 Å². The fourth-order valence-corrected chi connectivity index (χ4v) is 5.94. The molecule has 4 unspecified atom stereocenters. The van der Waals surface area contributed by atoms with Gasteiger partial charge in [0.25, 0.3) is 0 Å².